The van der Waals surface area contributed by atoms with Gasteiger partial charge in [0.15, 0.2) is 0 Å². The van der Waals surface area contributed by atoms with Gasteiger partial charge in [0.2, 0.25) is 0 Å². The number of benzene rings is 1. The van der Waals surface area contributed by atoms with Crippen molar-refractivity contribution in [2.24, 2.45) is 5.92 Å². The van der Waals surface area contributed by atoms with Gasteiger partial charge in [-0.15, -0.1) is 0 Å². The van der Waals surface area contributed by atoms with Crippen LogP contribution in [0.1, 0.15) is 37.3 Å². The first kappa shape index (κ1) is 17.0. The zero-order valence-corrected chi connectivity index (χ0v) is 15.3. The van der Waals surface area contributed by atoms with Gasteiger partial charge in [0, 0.05) is 18.3 Å². The number of likely N-dealkylation sites (N-methyl/N-ethyl adjacent to an activating group) is 1. The highest BCUT2D eigenvalue weighted by Gasteiger charge is 2.28. The molecule has 0 spiro atoms. The van der Waals surface area contributed by atoms with Crippen LogP contribution >= 0.6 is 0 Å². The van der Waals surface area contributed by atoms with Gasteiger partial charge in [0.25, 0.3) is 0 Å². The minimum absolute atomic E-state index is 0.515. The summed E-state index contributed by atoms with van der Waals surface area (Å²) in [5.41, 5.74) is 8.36. The lowest BCUT2D eigenvalue weighted by atomic mass is 9.94. The summed E-state index contributed by atoms with van der Waals surface area (Å²) >= 11 is 0. The predicted octanol–water partition coefficient (Wildman–Crippen LogP) is 3.58. The lowest BCUT2D eigenvalue weighted by molar-refractivity contribution is 0.389. The Labute approximate surface area is 154 Å². The van der Waals surface area contributed by atoms with Crippen LogP contribution in [0.15, 0.2) is 48.9 Å². The molecule has 3 atom stereocenters. The molecule has 2 aromatic heterocycles. The third-order valence-corrected chi connectivity index (χ3v) is 5.80. The van der Waals surface area contributed by atoms with E-state index >= 15 is 0 Å². The number of nitrogens with two attached hydrogens (primary N) is 1. The molecule has 1 aliphatic rings. The molecule has 3 unspecified atom stereocenters. The molecule has 5 nitrogen and oxygen atoms in total. The fourth-order valence-corrected chi connectivity index (χ4v) is 4.40. The average molecular weight is 349 g/mol. The smallest absolute Gasteiger partial charge is 0.145 e. The number of nitrogens with zero attached hydrogens (tertiary/aromatic N) is 3. The van der Waals surface area contributed by atoms with Crippen LogP contribution in [0.5, 0.6) is 0 Å². The maximum atomic E-state index is 5.98. The Morgan fingerprint density at radius 3 is 2.85 bits per heavy atom. The van der Waals surface area contributed by atoms with Gasteiger partial charge in [-0.1, -0.05) is 30.3 Å². The van der Waals surface area contributed by atoms with Crippen LogP contribution in [0, 0.1) is 5.92 Å². The van der Waals surface area contributed by atoms with Gasteiger partial charge in [-0.3, -0.25) is 0 Å². The summed E-state index contributed by atoms with van der Waals surface area (Å²) in [7, 11) is 2.08. The van der Waals surface area contributed by atoms with Crippen LogP contribution in [-0.2, 0) is 6.42 Å². The van der Waals surface area contributed by atoms with E-state index in [1.165, 1.54) is 31.2 Å². The van der Waals surface area contributed by atoms with Crippen molar-refractivity contribution in [3.63, 3.8) is 0 Å². The van der Waals surface area contributed by atoms with Crippen molar-refractivity contribution in [1.82, 2.24) is 19.9 Å². The van der Waals surface area contributed by atoms with E-state index < -0.39 is 0 Å². The number of nitrogen functional groups attached to an aromatic ring is 1. The largest absolute Gasteiger partial charge is 0.383 e. The molecule has 26 heavy (non-hydrogen) atoms. The van der Waals surface area contributed by atoms with E-state index in [2.05, 4.69) is 63.4 Å². The van der Waals surface area contributed by atoms with Crippen LogP contribution in [0.4, 0.5) is 5.82 Å². The summed E-state index contributed by atoms with van der Waals surface area (Å²) in [5.74, 6) is 1.32. The molecule has 136 valence electrons. The van der Waals surface area contributed by atoms with Crippen LogP contribution in [0.25, 0.3) is 11.0 Å². The Kier molecular flexibility index (Phi) is 4.89. The molecule has 0 saturated heterocycles. The number of hydrogen-bond donors (Lipinski definition) is 2. The maximum Gasteiger partial charge on any atom is 0.145 e. The fraction of sp³-hybridized carbons (Fsp3) is 0.429. The van der Waals surface area contributed by atoms with Gasteiger partial charge in [-0.05, 0) is 56.7 Å². The highest BCUT2D eigenvalue weighted by molar-refractivity contribution is 5.86. The average Bonchev–Trinajstić information content (AvgIpc) is 3.29. The van der Waals surface area contributed by atoms with Crippen LogP contribution in [-0.4, -0.2) is 27.6 Å². The first-order valence-corrected chi connectivity index (χ1v) is 9.52. The zero-order valence-electron chi connectivity index (χ0n) is 15.3. The maximum absolute atomic E-state index is 5.98. The highest BCUT2D eigenvalue weighted by Crippen LogP contribution is 2.39. The summed E-state index contributed by atoms with van der Waals surface area (Å²) in [6.07, 6.45) is 9.70. The van der Waals surface area contributed by atoms with E-state index in [0.717, 1.165) is 23.4 Å². The van der Waals surface area contributed by atoms with Crippen molar-refractivity contribution in [3.8, 4) is 0 Å². The van der Waals surface area contributed by atoms with Crippen molar-refractivity contribution < 1.29 is 0 Å². The normalized spacial score (nSPS) is 21.3. The van der Waals surface area contributed by atoms with E-state index in [4.69, 9.17) is 5.73 Å². The van der Waals surface area contributed by atoms with Crippen LogP contribution in [0.2, 0.25) is 0 Å². The van der Waals surface area contributed by atoms with Gasteiger partial charge >= 0.3 is 0 Å². The van der Waals surface area contributed by atoms with E-state index in [-0.39, 0.29) is 0 Å². The van der Waals surface area contributed by atoms with Crippen molar-refractivity contribution >= 4 is 16.9 Å². The molecule has 0 aliphatic heterocycles. The molecule has 3 N–H and O–H groups in total. The van der Waals surface area contributed by atoms with Crippen molar-refractivity contribution in [2.45, 2.75) is 44.2 Å². The zero-order chi connectivity index (χ0) is 17.9. The topological polar surface area (TPSA) is 68.8 Å². The fourth-order valence-electron chi connectivity index (χ4n) is 4.40. The first-order valence-electron chi connectivity index (χ1n) is 9.52. The molecule has 1 fully saturated rings. The first-order chi connectivity index (χ1) is 12.7. The monoisotopic (exact) mass is 349 g/mol. The van der Waals surface area contributed by atoms with E-state index in [1.807, 2.05) is 6.07 Å². The molecule has 2 heterocycles. The third kappa shape index (κ3) is 3.44. The molecular weight excluding hydrogens is 322 g/mol. The molecule has 0 bridgehead atoms. The predicted molar refractivity (Wildman–Crippen MR) is 106 cm³/mol. The minimum Gasteiger partial charge on any atom is -0.383 e. The van der Waals surface area contributed by atoms with Crippen LogP contribution in [0.3, 0.4) is 0 Å². The molecule has 4 rings (SSSR count). The second kappa shape index (κ2) is 7.46. The third-order valence-electron chi connectivity index (χ3n) is 5.80. The van der Waals surface area contributed by atoms with E-state index in [0.29, 0.717) is 17.9 Å². The lowest BCUT2D eigenvalue weighted by Gasteiger charge is -2.21. The van der Waals surface area contributed by atoms with E-state index in [9.17, 15) is 0 Å². The number of anilines is 1. The van der Waals surface area contributed by atoms with Crippen molar-refractivity contribution in [3.05, 3.63) is 54.5 Å². The van der Waals surface area contributed by atoms with E-state index in [1.54, 1.807) is 6.33 Å². The van der Waals surface area contributed by atoms with Crippen LogP contribution < -0.4 is 11.1 Å². The summed E-state index contributed by atoms with van der Waals surface area (Å²) in [5, 5.41) is 4.49. The molecule has 0 amide bonds. The Morgan fingerprint density at radius 1 is 1.19 bits per heavy atom. The molecule has 3 aromatic rings. The number of hydrogen-bond acceptors (Lipinski definition) is 4. The highest BCUT2D eigenvalue weighted by atomic mass is 15.1. The summed E-state index contributed by atoms with van der Waals surface area (Å²) in [6, 6.07) is 13.9. The molecule has 1 saturated carbocycles. The number of nitrogens with one attached hydrogen (secondary N) is 1. The molecule has 1 aliphatic carbocycles. The Bertz CT molecular complexity index is 857. The molecular formula is C21H27N5. The van der Waals surface area contributed by atoms with Gasteiger partial charge in [0.1, 0.15) is 17.8 Å². The Morgan fingerprint density at radius 2 is 2.04 bits per heavy atom. The minimum atomic E-state index is 0.515. The Hall–Kier alpha value is -2.40. The SMILES string of the molecule is CNC(Cc1ccccc1)CC1CCC(n2ccc3c(N)ncnc32)C1. The molecule has 0 radical (unpaired) electrons. The summed E-state index contributed by atoms with van der Waals surface area (Å²) in [6.45, 7) is 0. The van der Waals surface area contributed by atoms with Gasteiger partial charge in [0.05, 0.1) is 5.39 Å². The van der Waals surface area contributed by atoms with Gasteiger partial charge in [-0.2, -0.15) is 0 Å². The quantitative estimate of drug-likeness (QED) is 0.714. The summed E-state index contributed by atoms with van der Waals surface area (Å²) in [4.78, 5) is 8.56. The van der Waals surface area contributed by atoms with Gasteiger partial charge < -0.3 is 15.6 Å². The lowest BCUT2D eigenvalue weighted by Crippen LogP contribution is -2.29. The molecule has 1 aromatic carbocycles. The Balaban J connectivity index is 1.42. The number of aromatic nitrogens is 3. The van der Waals surface area contributed by atoms with Gasteiger partial charge in [-0.25, -0.2) is 9.97 Å². The molecule has 5 heteroatoms. The number of rotatable bonds is 6. The standard InChI is InChI=1S/C21H27N5/c1-23-17(11-15-5-3-2-4-6-15)12-16-7-8-18(13-16)26-10-9-19-20(22)24-14-25-21(19)26/h2-6,9-10,14,16-18,23H,7-8,11-13H2,1H3,(H2,22,24,25). The number of fused-ring (bicyclic) bond motifs is 1. The van der Waals surface area contributed by atoms with Crippen molar-refractivity contribution in [2.75, 3.05) is 12.8 Å². The summed E-state index contributed by atoms with van der Waals surface area (Å²) < 4.78 is 2.30. The second-order valence-corrected chi connectivity index (χ2v) is 7.46. The van der Waals surface area contributed by atoms with Crippen molar-refractivity contribution in [1.29, 1.82) is 0 Å². The second-order valence-electron chi connectivity index (χ2n) is 7.46.